The zero-order valence-corrected chi connectivity index (χ0v) is 13.8. The molecule has 0 bridgehead atoms. The first-order valence-corrected chi connectivity index (χ1v) is 8.16. The van der Waals surface area contributed by atoms with Gasteiger partial charge in [-0.2, -0.15) is 0 Å². The Labute approximate surface area is 127 Å². The van der Waals surface area contributed by atoms with Gasteiger partial charge in [-0.25, -0.2) is 0 Å². The van der Waals surface area contributed by atoms with Gasteiger partial charge in [0, 0.05) is 22.9 Å². The monoisotopic (exact) mass is 287 g/mol. The number of nitrogens with one attached hydrogen (secondary N) is 1. The molecular formula is C18H25NS. The van der Waals surface area contributed by atoms with Crippen LogP contribution in [0.3, 0.4) is 0 Å². The molecule has 0 aliphatic heterocycles. The predicted molar refractivity (Wildman–Crippen MR) is 89.7 cm³/mol. The molecule has 0 fully saturated rings. The molecule has 0 aliphatic carbocycles. The van der Waals surface area contributed by atoms with Crippen molar-refractivity contribution < 1.29 is 0 Å². The Balaban J connectivity index is 2.15. The molecular weight excluding hydrogens is 262 g/mol. The maximum Gasteiger partial charge on any atom is 0.00967 e. The second kappa shape index (κ2) is 6.55. The lowest BCUT2D eigenvalue weighted by molar-refractivity contribution is 0.405. The summed E-state index contributed by atoms with van der Waals surface area (Å²) in [5.74, 6) is 0.535. The molecule has 1 aromatic heterocycles. The van der Waals surface area contributed by atoms with E-state index in [9.17, 15) is 0 Å². The molecule has 1 N–H and O–H groups in total. The Bertz CT molecular complexity index is 523. The zero-order valence-electron chi connectivity index (χ0n) is 12.9. The fourth-order valence-corrected chi connectivity index (χ4v) is 3.12. The van der Waals surface area contributed by atoms with Gasteiger partial charge in [0.25, 0.3) is 0 Å². The average molecular weight is 287 g/mol. The van der Waals surface area contributed by atoms with Crippen LogP contribution >= 0.6 is 11.3 Å². The van der Waals surface area contributed by atoms with E-state index in [1.807, 2.05) is 11.3 Å². The molecule has 2 heteroatoms. The summed E-state index contributed by atoms with van der Waals surface area (Å²) in [5, 5.41) is 5.82. The molecule has 0 aliphatic rings. The number of aryl methyl sites for hydroxylation is 1. The van der Waals surface area contributed by atoms with Gasteiger partial charge in [-0.3, -0.25) is 0 Å². The van der Waals surface area contributed by atoms with E-state index >= 15 is 0 Å². The van der Waals surface area contributed by atoms with Crippen LogP contribution in [0.2, 0.25) is 0 Å². The quantitative estimate of drug-likeness (QED) is 0.835. The van der Waals surface area contributed by atoms with Crippen LogP contribution < -0.4 is 5.32 Å². The molecule has 2 rings (SSSR count). The van der Waals surface area contributed by atoms with Gasteiger partial charge in [0.2, 0.25) is 0 Å². The Kier molecular flexibility index (Phi) is 5.00. The Morgan fingerprint density at radius 1 is 1.15 bits per heavy atom. The zero-order chi connectivity index (χ0) is 14.6. The maximum absolute atomic E-state index is 3.66. The van der Waals surface area contributed by atoms with E-state index in [1.165, 1.54) is 16.0 Å². The highest BCUT2D eigenvalue weighted by molar-refractivity contribution is 7.09. The lowest BCUT2D eigenvalue weighted by Gasteiger charge is -2.25. The third-order valence-corrected chi connectivity index (χ3v) is 4.32. The molecule has 0 radical (unpaired) electrons. The van der Waals surface area contributed by atoms with E-state index in [-0.39, 0.29) is 5.54 Å². The van der Waals surface area contributed by atoms with Crippen molar-refractivity contribution in [3.05, 3.63) is 57.8 Å². The molecule has 0 saturated heterocycles. The van der Waals surface area contributed by atoms with Gasteiger partial charge in [0.05, 0.1) is 0 Å². The highest BCUT2D eigenvalue weighted by Crippen LogP contribution is 2.24. The van der Waals surface area contributed by atoms with Crippen molar-refractivity contribution in [2.24, 2.45) is 0 Å². The average Bonchev–Trinajstić information content (AvgIpc) is 2.86. The van der Waals surface area contributed by atoms with Crippen LogP contribution in [-0.2, 0) is 6.42 Å². The lowest BCUT2D eigenvalue weighted by Crippen LogP contribution is -2.39. The Morgan fingerprint density at radius 2 is 1.95 bits per heavy atom. The third-order valence-electron chi connectivity index (χ3n) is 3.42. The number of benzene rings is 1. The number of thiophene rings is 1. The molecule has 1 heterocycles. The highest BCUT2D eigenvalue weighted by Gasteiger charge is 2.17. The van der Waals surface area contributed by atoms with Crippen LogP contribution in [0.4, 0.5) is 0 Å². The summed E-state index contributed by atoms with van der Waals surface area (Å²) in [5.41, 5.74) is 2.95. The van der Waals surface area contributed by atoms with E-state index in [2.05, 4.69) is 74.8 Å². The Hall–Kier alpha value is -1.12. The minimum atomic E-state index is 0.164. The lowest BCUT2D eigenvalue weighted by atomic mass is 9.92. The molecule has 1 aromatic carbocycles. The molecule has 0 saturated carbocycles. The summed E-state index contributed by atoms with van der Waals surface area (Å²) < 4.78 is 0. The topological polar surface area (TPSA) is 12.0 Å². The maximum atomic E-state index is 3.66. The first-order valence-electron chi connectivity index (χ1n) is 7.28. The summed E-state index contributed by atoms with van der Waals surface area (Å²) >= 11 is 1.86. The van der Waals surface area contributed by atoms with Crippen LogP contribution in [-0.4, -0.2) is 12.1 Å². The van der Waals surface area contributed by atoms with E-state index in [4.69, 9.17) is 0 Å². The molecule has 1 nitrogen and oxygen atoms in total. The molecule has 108 valence electrons. The fraction of sp³-hybridized carbons (Fsp3) is 0.444. The minimum absolute atomic E-state index is 0.164. The van der Waals surface area contributed by atoms with Crippen LogP contribution in [0.15, 0.2) is 41.8 Å². The Morgan fingerprint density at radius 3 is 2.55 bits per heavy atom. The van der Waals surface area contributed by atoms with Gasteiger partial charge in [-0.1, -0.05) is 35.9 Å². The molecule has 0 amide bonds. The molecule has 0 spiro atoms. The smallest absolute Gasteiger partial charge is 0.00967 e. The normalized spacial score (nSPS) is 13.4. The first-order chi connectivity index (χ1) is 9.44. The summed E-state index contributed by atoms with van der Waals surface area (Å²) in [4.78, 5) is 1.47. The van der Waals surface area contributed by atoms with Crippen molar-refractivity contribution in [1.29, 1.82) is 0 Å². The standard InChI is InChI=1S/C18H25NS/c1-14-7-5-8-15(11-14)16(13-19-18(2,3)4)12-17-9-6-10-20-17/h5-11,16,19H,12-13H2,1-4H3. The molecule has 1 atom stereocenters. The SMILES string of the molecule is Cc1cccc(C(CNC(C)(C)C)Cc2cccs2)c1. The highest BCUT2D eigenvalue weighted by atomic mass is 32.1. The van der Waals surface area contributed by atoms with E-state index < -0.39 is 0 Å². The van der Waals surface area contributed by atoms with Gasteiger partial charge in [-0.15, -0.1) is 11.3 Å². The predicted octanol–water partition coefficient (Wildman–Crippen LogP) is 4.77. The minimum Gasteiger partial charge on any atom is -0.311 e. The van der Waals surface area contributed by atoms with Gasteiger partial charge in [-0.05, 0) is 51.1 Å². The van der Waals surface area contributed by atoms with Gasteiger partial charge >= 0.3 is 0 Å². The van der Waals surface area contributed by atoms with Crippen molar-refractivity contribution in [3.63, 3.8) is 0 Å². The summed E-state index contributed by atoms with van der Waals surface area (Å²) in [6, 6.07) is 13.3. The van der Waals surface area contributed by atoms with Crippen molar-refractivity contribution in [1.82, 2.24) is 5.32 Å². The van der Waals surface area contributed by atoms with Crippen LogP contribution in [0, 0.1) is 6.92 Å². The molecule has 2 aromatic rings. The fourth-order valence-electron chi connectivity index (χ4n) is 2.33. The third kappa shape index (κ3) is 4.77. The van der Waals surface area contributed by atoms with E-state index in [0.717, 1.165) is 13.0 Å². The summed E-state index contributed by atoms with van der Waals surface area (Å²) in [6.07, 6.45) is 1.12. The van der Waals surface area contributed by atoms with Crippen molar-refractivity contribution in [2.75, 3.05) is 6.54 Å². The summed E-state index contributed by atoms with van der Waals surface area (Å²) in [7, 11) is 0. The van der Waals surface area contributed by atoms with E-state index in [1.54, 1.807) is 0 Å². The van der Waals surface area contributed by atoms with Crippen LogP contribution in [0.25, 0.3) is 0 Å². The van der Waals surface area contributed by atoms with Gasteiger partial charge in [0.15, 0.2) is 0 Å². The number of rotatable bonds is 5. The van der Waals surface area contributed by atoms with E-state index in [0.29, 0.717) is 5.92 Å². The van der Waals surface area contributed by atoms with Crippen LogP contribution in [0.5, 0.6) is 0 Å². The van der Waals surface area contributed by atoms with Crippen LogP contribution in [0.1, 0.15) is 42.7 Å². The van der Waals surface area contributed by atoms with Crippen molar-refractivity contribution in [2.45, 2.75) is 45.6 Å². The molecule has 1 unspecified atom stereocenters. The summed E-state index contributed by atoms with van der Waals surface area (Å²) in [6.45, 7) is 9.87. The number of hydrogen-bond donors (Lipinski definition) is 1. The van der Waals surface area contributed by atoms with Gasteiger partial charge < -0.3 is 5.32 Å². The first kappa shape index (κ1) is 15.3. The second-order valence-electron chi connectivity index (χ2n) is 6.53. The van der Waals surface area contributed by atoms with Crippen molar-refractivity contribution in [3.8, 4) is 0 Å². The largest absolute Gasteiger partial charge is 0.311 e. The van der Waals surface area contributed by atoms with Crippen molar-refractivity contribution >= 4 is 11.3 Å². The second-order valence-corrected chi connectivity index (χ2v) is 7.56. The number of hydrogen-bond acceptors (Lipinski definition) is 2. The van der Waals surface area contributed by atoms with Gasteiger partial charge in [0.1, 0.15) is 0 Å². The molecule has 20 heavy (non-hydrogen) atoms.